The van der Waals surface area contributed by atoms with Crippen LogP contribution in [-0.4, -0.2) is 48.7 Å². The maximum atomic E-state index is 13.0. The number of anilines is 1. The molecule has 0 atom stereocenters. The number of benzene rings is 5. The minimum atomic E-state index is -5.26. The van der Waals surface area contributed by atoms with Crippen LogP contribution in [0.2, 0.25) is 0 Å². The molecular formula is C31H21N6Na3O12S3. The fraction of sp³-hybridized carbons (Fsp3) is 0.0323. The van der Waals surface area contributed by atoms with Crippen LogP contribution in [0.15, 0.2) is 115 Å². The predicted molar refractivity (Wildman–Crippen MR) is 181 cm³/mol. The summed E-state index contributed by atoms with van der Waals surface area (Å²) < 4.78 is 107. The Morgan fingerprint density at radius 3 is 1.64 bits per heavy atom. The third-order valence-corrected chi connectivity index (χ3v) is 10.0. The number of nitro benzene ring substituents is 1. The third-order valence-electron chi connectivity index (χ3n) is 7.34. The molecule has 268 valence electrons. The van der Waals surface area contributed by atoms with E-state index in [4.69, 9.17) is 5.73 Å². The van der Waals surface area contributed by atoms with Crippen molar-refractivity contribution in [1.82, 2.24) is 0 Å². The molecule has 0 aliphatic heterocycles. The Hall–Kier alpha value is -2.97. The van der Waals surface area contributed by atoms with E-state index in [-0.39, 0.29) is 133 Å². The number of nitro groups is 1. The molecule has 0 bridgehead atoms. The number of rotatable bonds is 10. The Kier molecular flexibility index (Phi) is 16.6. The van der Waals surface area contributed by atoms with Crippen LogP contribution < -0.4 is 94.4 Å². The van der Waals surface area contributed by atoms with Crippen molar-refractivity contribution in [3.8, 4) is 0 Å². The van der Waals surface area contributed by atoms with E-state index in [9.17, 15) is 54.2 Å². The van der Waals surface area contributed by atoms with Gasteiger partial charge in [0.15, 0.2) is 0 Å². The van der Waals surface area contributed by atoms with E-state index in [2.05, 4.69) is 15.3 Å². The van der Waals surface area contributed by atoms with Crippen molar-refractivity contribution in [3.05, 3.63) is 117 Å². The van der Waals surface area contributed by atoms with Crippen LogP contribution in [-0.2, 0) is 30.4 Å². The fourth-order valence-corrected chi connectivity index (χ4v) is 6.96. The number of aryl methyl sites for hydroxylation is 1. The topological polar surface area (TPSA) is 304 Å². The molecule has 0 aliphatic carbocycles. The van der Waals surface area contributed by atoms with Gasteiger partial charge in [-0.1, -0.05) is 41.3 Å². The molecule has 55 heavy (non-hydrogen) atoms. The second-order valence-electron chi connectivity index (χ2n) is 10.8. The molecule has 0 unspecified atom stereocenters. The van der Waals surface area contributed by atoms with Gasteiger partial charge in [-0.2, -0.15) is 0 Å². The standard InChI is InChI=1S/C31H24N6O12S3.3Na/c1-18-14-28(34-33-26-6-2-5-24-23(26)4-3-7-29(24)50(41,42)43)25(32)17-27(18)35-36(38)21-12-10-19(30(15-21)51(44,45)46)8-9-20-11-13-22(37(39)40)16-31(20)52(47,48)49;;;/h2-17H,32H2,1H3,(H,41,42,43)(H,44,45,46)(H,47,48,49);;;/q;3*+1/p-3. The van der Waals surface area contributed by atoms with Crippen LogP contribution >= 0.6 is 0 Å². The predicted octanol–water partition coefficient (Wildman–Crippen LogP) is -3.13. The number of azo groups is 2. The molecule has 0 aliphatic rings. The molecule has 0 heterocycles. The first-order valence-corrected chi connectivity index (χ1v) is 18.5. The average molecular weight is 835 g/mol. The quantitative estimate of drug-likeness (QED) is 0.0213. The molecule has 5 aromatic rings. The molecule has 0 spiro atoms. The smallest absolute Gasteiger partial charge is 0.744 e. The van der Waals surface area contributed by atoms with Crippen LogP contribution in [0.1, 0.15) is 16.7 Å². The van der Waals surface area contributed by atoms with Gasteiger partial charge >= 0.3 is 88.7 Å². The van der Waals surface area contributed by atoms with E-state index >= 15 is 0 Å². The Balaban J connectivity index is 0.00000348. The average Bonchev–Trinajstić information content (AvgIpc) is 3.06. The van der Waals surface area contributed by atoms with Crippen LogP contribution in [0.25, 0.3) is 22.9 Å². The van der Waals surface area contributed by atoms with Crippen molar-refractivity contribution in [2.45, 2.75) is 21.6 Å². The van der Waals surface area contributed by atoms with Crippen molar-refractivity contribution in [2.24, 2.45) is 15.3 Å². The maximum absolute atomic E-state index is 13.0. The molecule has 5 aromatic carbocycles. The van der Waals surface area contributed by atoms with E-state index in [0.717, 1.165) is 36.4 Å². The first-order valence-electron chi connectivity index (χ1n) is 14.2. The Bertz CT molecular complexity index is 2750. The van der Waals surface area contributed by atoms with Gasteiger partial charge in [0.25, 0.3) is 5.69 Å². The molecule has 0 amide bonds. The fourth-order valence-electron chi connectivity index (χ4n) is 4.89. The summed E-state index contributed by atoms with van der Waals surface area (Å²) in [5.41, 5.74) is 5.11. The van der Waals surface area contributed by atoms with Gasteiger partial charge in [-0.15, -0.1) is 10.2 Å². The Morgan fingerprint density at radius 1 is 0.600 bits per heavy atom. The van der Waals surface area contributed by atoms with Crippen LogP contribution in [0.3, 0.4) is 0 Å². The largest absolute Gasteiger partial charge is 1.00 e. The number of nitrogens with two attached hydrogens (primary N) is 1. The third kappa shape index (κ3) is 11.6. The zero-order valence-electron chi connectivity index (χ0n) is 29.2. The zero-order chi connectivity index (χ0) is 38.2. The van der Waals surface area contributed by atoms with Crippen molar-refractivity contribution in [2.75, 3.05) is 5.73 Å². The number of nitrogen functional groups attached to an aromatic ring is 1. The molecule has 0 radical (unpaired) electrons. The van der Waals surface area contributed by atoms with Gasteiger partial charge in [0.05, 0.1) is 31.0 Å². The number of hydrogen-bond acceptors (Lipinski definition) is 16. The van der Waals surface area contributed by atoms with Crippen molar-refractivity contribution in [3.63, 3.8) is 0 Å². The number of fused-ring (bicyclic) bond motifs is 1. The maximum Gasteiger partial charge on any atom is 1.00 e. The summed E-state index contributed by atoms with van der Waals surface area (Å²) in [4.78, 5) is 7.83. The minimum absolute atomic E-state index is 0. The molecule has 2 N–H and O–H groups in total. The number of nitrogens with zero attached hydrogens (tertiary/aromatic N) is 5. The minimum Gasteiger partial charge on any atom is -0.744 e. The number of non-ortho nitro benzene ring substituents is 1. The van der Waals surface area contributed by atoms with Crippen molar-refractivity contribution in [1.29, 1.82) is 0 Å². The second kappa shape index (κ2) is 19.0. The van der Waals surface area contributed by atoms with Crippen molar-refractivity contribution >= 4 is 87.4 Å². The number of hydrogen-bond donors (Lipinski definition) is 1. The molecule has 0 saturated carbocycles. The summed E-state index contributed by atoms with van der Waals surface area (Å²) in [5, 5.41) is 36.7. The van der Waals surface area contributed by atoms with Crippen LogP contribution in [0.4, 0.5) is 34.1 Å². The summed E-state index contributed by atoms with van der Waals surface area (Å²) in [6.45, 7) is 1.55. The van der Waals surface area contributed by atoms with E-state index < -0.39 is 61.3 Å². The molecule has 18 nitrogen and oxygen atoms in total. The summed E-state index contributed by atoms with van der Waals surface area (Å²) in [6, 6.07) is 16.5. The first-order chi connectivity index (χ1) is 24.2. The molecule has 0 aromatic heterocycles. The zero-order valence-corrected chi connectivity index (χ0v) is 37.6. The van der Waals surface area contributed by atoms with E-state index in [0.29, 0.717) is 23.1 Å². The molecule has 0 fully saturated rings. The first kappa shape index (κ1) is 48.2. The van der Waals surface area contributed by atoms with Gasteiger partial charge < -0.3 is 24.6 Å². The van der Waals surface area contributed by atoms with Gasteiger partial charge in [0.2, 0.25) is 5.69 Å². The van der Waals surface area contributed by atoms with Crippen LogP contribution in [0.5, 0.6) is 0 Å². The van der Waals surface area contributed by atoms with E-state index in [1.165, 1.54) is 42.5 Å². The summed E-state index contributed by atoms with van der Waals surface area (Å²) in [5.74, 6) is 0. The van der Waals surface area contributed by atoms with E-state index in [1.54, 1.807) is 13.0 Å². The second-order valence-corrected chi connectivity index (χ2v) is 14.8. The Labute approximate surface area is 380 Å². The van der Waals surface area contributed by atoms with Gasteiger partial charge in [0.1, 0.15) is 41.7 Å². The monoisotopic (exact) mass is 834 g/mol. The van der Waals surface area contributed by atoms with Crippen LogP contribution in [0, 0.1) is 22.2 Å². The van der Waals surface area contributed by atoms with Crippen molar-refractivity contribution < 1.29 is 137 Å². The summed E-state index contributed by atoms with van der Waals surface area (Å²) >= 11 is 0. The Morgan fingerprint density at radius 2 is 1.09 bits per heavy atom. The van der Waals surface area contributed by atoms with Gasteiger partial charge in [0, 0.05) is 40.2 Å². The summed E-state index contributed by atoms with van der Waals surface area (Å²) in [6.07, 6.45) is 1.93. The van der Waals surface area contributed by atoms with E-state index in [1.807, 2.05) is 0 Å². The molecule has 5 rings (SSSR count). The van der Waals surface area contributed by atoms with Gasteiger partial charge in [-0.05, 0) is 60.0 Å². The van der Waals surface area contributed by atoms with Gasteiger partial charge in [-0.25, -0.2) is 25.3 Å². The molecular weight excluding hydrogens is 814 g/mol. The molecule has 24 heteroatoms. The normalized spacial score (nSPS) is 12.3. The molecule has 0 saturated heterocycles. The van der Waals surface area contributed by atoms with Gasteiger partial charge in [-0.3, -0.25) is 10.1 Å². The SMILES string of the molecule is Cc1cc(N=Nc2cccc3c(S(=O)(=O)[O-])cccc23)c(N)cc1N=[N+]([O-])c1ccc(C=Cc2ccc([N+](=O)[O-])cc2S(=O)(=O)[O-])c(S(=O)(=O)[O-])c1.[Na+].[Na+].[Na+]. The summed E-state index contributed by atoms with van der Waals surface area (Å²) in [7, 11) is -15.2.